The summed E-state index contributed by atoms with van der Waals surface area (Å²) >= 11 is 0. The van der Waals surface area contributed by atoms with Crippen molar-refractivity contribution in [2.45, 2.75) is 44.6 Å². The SMILES string of the molecule is Cc1ncccc1S(=O)(=O)NC(=O)c1ccc(-c2cc(F)ccc2F)nc1N1C[C@@H](C)CC1(C)C. The maximum absolute atomic E-state index is 14.5. The molecule has 1 aliphatic heterocycles. The van der Waals surface area contributed by atoms with Gasteiger partial charge in [-0.1, -0.05) is 6.92 Å². The predicted octanol–water partition coefficient (Wildman–Crippen LogP) is 4.47. The van der Waals surface area contributed by atoms with Crippen molar-refractivity contribution in [1.82, 2.24) is 14.7 Å². The van der Waals surface area contributed by atoms with Crippen LogP contribution < -0.4 is 9.62 Å². The van der Waals surface area contributed by atoms with Gasteiger partial charge in [-0.25, -0.2) is 26.9 Å². The highest BCUT2D eigenvalue weighted by Crippen LogP contribution is 2.38. The van der Waals surface area contributed by atoms with Crippen LogP contribution in [0.5, 0.6) is 0 Å². The van der Waals surface area contributed by atoms with E-state index in [1.54, 1.807) is 0 Å². The number of pyridine rings is 2. The van der Waals surface area contributed by atoms with Gasteiger partial charge in [-0.15, -0.1) is 0 Å². The fourth-order valence-electron chi connectivity index (χ4n) is 4.62. The molecule has 10 heteroatoms. The van der Waals surface area contributed by atoms with Gasteiger partial charge in [0.05, 0.1) is 17.0 Å². The zero-order valence-electron chi connectivity index (χ0n) is 19.8. The fraction of sp³-hybridized carbons (Fsp3) is 0.320. The molecule has 3 aromatic rings. The van der Waals surface area contributed by atoms with E-state index in [1.807, 2.05) is 18.7 Å². The maximum atomic E-state index is 14.5. The second-order valence-corrected chi connectivity index (χ2v) is 11.1. The van der Waals surface area contributed by atoms with Gasteiger partial charge in [-0.3, -0.25) is 9.78 Å². The van der Waals surface area contributed by atoms with Crippen LogP contribution in [0.25, 0.3) is 11.3 Å². The molecule has 7 nitrogen and oxygen atoms in total. The summed E-state index contributed by atoms with van der Waals surface area (Å²) in [5, 5.41) is 0. The highest BCUT2D eigenvalue weighted by atomic mass is 32.2. The van der Waals surface area contributed by atoms with Gasteiger partial charge < -0.3 is 4.90 Å². The van der Waals surface area contributed by atoms with Gasteiger partial charge in [0.2, 0.25) is 0 Å². The maximum Gasteiger partial charge on any atom is 0.268 e. The lowest BCUT2D eigenvalue weighted by molar-refractivity contribution is 0.0981. The molecule has 2 aromatic heterocycles. The number of carbonyl (C=O) groups excluding carboxylic acids is 1. The van der Waals surface area contributed by atoms with Crippen molar-refractivity contribution in [3.8, 4) is 11.3 Å². The first-order valence-electron chi connectivity index (χ1n) is 11.1. The van der Waals surface area contributed by atoms with Crippen LogP contribution in [-0.4, -0.2) is 36.4 Å². The molecule has 1 N–H and O–H groups in total. The van der Waals surface area contributed by atoms with E-state index in [0.717, 1.165) is 24.6 Å². The molecule has 0 unspecified atom stereocenters. The van der Waals surface area contributed by atoms with Crippen LogP contribution in [0.4, 0.5) is 14.6 Å². The number of amides is 1. The lowest BCUT2D eigenvalue weighted by Crippen LogP contribution is -2.41. The minimum Gasteiger partial charge on any atom is -0.351 e. The zero-order valence-corrected chi connectivity index (χ0v) is 20.7. The van der Waals surface area contributed by atoms with Gasteiger partial charge in [0.25, 0.3) is 15.9 Å². The third-order valence-electron chi connectivity index (χ3n) is 6.13. The minimum absolute atomic E-state index is 0.0119. The van der Waals surface area contributed by atoms with Gasteiger partial charge in [0.1, 0.15) is 22.3 Å². The Balaban J connectivity index is 1.81. The molecule has 3 heterocycles. The standard InChI is InChI=1S/C25H26F2N4O3S/c1-15-13-25(3,4)31(14-15)23-18(8-10-21(29-23)19-12-17(26)7-9-20(19)27)24(32)30-35(33,34)22-6-5-11-28-16(22)2/h5-12,15H,13-14H2,1-4H3,(H,30,32)/t15-/m0/s1. The Kier molecular flexibility index (Phi) is 6.35. The molecule has 4 rings (SSSR count). The van der Waals surface area contributed by atoms with Crippen LogP contribution in [0, 0.1) is 24.5 Å². The molecular weight excluding hydrogens is 474 g/mol. The summed E-state index contributed by atoms with van der Waals surface area (Å²) in [5.41, 5.74) is -0.0634. The number of rotatable bonds is 5. The lowest BCUT2D eigenvalue weighted by atomic mass is 9.97. The van der Waals surface area contributed by atoms with Gasteiger partial charge in [0.15, 0.2) is 0 Å². The third-order valence-corrected chi connectivity index (χ3v) is 7.59. The molecule has 0 saturated carbocycles. The molecule has 0 bridgehead atoms. The third kappa shape index (κ3) is 4.88. The summed E-state index contributed by atoms with van der Waals surface area (Å²) in [6.45, 7) is 8.13. The topological polar surface area (TPSA) is 92.3 Å². The summed E-state index contributed by atoms with van der Waals surface area (Å²) in [6, 6.07) is 8.66. The molecular formula is C25H26F2N4O3S. The number of anilines is 1. The molecule has 184 valence electrons. The van der Waals surface area contributed by atoms with Crippen molar-refractivity contribution in [1.29, 1.82) is 0 Å². The number of carbonyl (C=O) groups is 1. The van der Waals surface area contributed by atoms with Crippen LogP contribution >= 0.6 is 0 Å². The minimum atomic E-state index is -4.21. The quantitative estimate of drug-likeness (QED) is 0.556. The number of aromatic nitrogens is 2. The summed E-state index contributed by atoms with van der Waals surface area (Å²) < 4.78 is 56.3. The van der Waals surface area contributed by atoms with Gasteiger partial charge in [0, 0.05) is 23.8 Å². The Bertz CT molecular complexity index is 1410. The van der Waals surface area contributed by atoms with E-state index in [-0.39, 0.29) is 39.1 Å². The normalized spacial score (nSPS) is 17.4. The monoisotopic (exact) mass is 500 g/mol. The Labute approximate surface area is 203 Å². The van der Waals surface area contributed by atoms with E-state index in [0.29, 0.717) is 6.54 Å². The number of sulfonamides is 1. The molecule has 0 radical (unpaired) electrons. The van der Waals surface area contributed by atoms with Crippen molar-refractivity contribution < 1.29 is 22.0 Å². The van der Waals surface area contributed by atoms with E-state index >= 15 is 0 Å². The molecule has 0 aliphatic carbocycles. The summed E-state index contributed by atoms with van der Waals surface area (Å²) in [5.74, 6) is -1.68. The van der Waals surface area contributed by atoms with Crippen LogP contribution in [0.3, 0.4) is 0 Å². The highest BCUT2D eigenvalue weighted by Gasteiger charge is 2.39. The average Bonchev–Trinajstić information content (AvgIpc) is 3.06. The first-order chi connectivity index (χ1) is 16.4. The number of benzene rings is 1. The second kappa shape index (κ2) is 8.99. The van der Waals surface area contributed by atoms with E-state index in [9.17, 15) is 22.0 Å². The number of hydrogen-bond donors (Lipinski definition) is 1. The fourth-order valence-corrected chi connectivity index (χ4v) is 5.78. The molecule has 1 atom stereocenters. The number of hydrogen-bond acceptors (Lipinski definition) is 6. The van der Waals surface area contributed by atoms with Crippen molar-refractivity contribution in [2.24, 2.45) is 5.92 Å². The number of nitrogens with one attached hydrogen (secondary N) is 1. The van der Waals surface area contributed by atoms with E-state index in [1.165, 1.54) is 37.4 Å². The highest BCUT2D eigenvalue weighted by molar-refractivity contribution is 7.90. The van der Waals surface area contributed by atoms with Crippen LogP contribution in [0.1, 0.15) is 43.2 Å². The van der Waals surface area contributed by atoms with Crippen LogP contribution in [0.15, 0.2) is 53.6 Å². The van der Waals surface area contributed by atoms with Gasteiger partial charge in [-0.2, -0.15) is 0 Å². The lowest BCUT2D eigenvalue weighted by Gasteiger charge is -2.34. The summed E-state index contributed by atoms with van der Waals surface area (Å²) in [4.78, 5) is 23.6. The second-order valence-electron chi connectivity index (χ2n) is 9.45. The number of aryl methyl sites for hydroxylation is 1. The average molecular weight is 501 g/mol. The smallest absolute Gasteiger partial charge is 0.268 e. The Morgan fingerprint density at radius 3 is 2.57 bits per heavy atom. The van der Waals surface area contributed by atoms with Gasteiger partial charge in [-0.05, 0) is 75.6 Å². The van der Waals surface area contributed by atoms with Crippen LogP contribution in [0.2, 0.25) is 0 Å². The Morgan fingerprint density at radius 1 is 1.17 bits per heavy atom. The molecule has 1 aliphatic rings. The van der Waals surface area contributed by atoms with Gasteiger partial charge >= 0.3 is 0 Å². The predicted molar refractivity (Wildman–Crippen MR) is 128 cm³/mol. The summed E-state index contributed by atoms with van der Waals surface area (Å²) in [7, 11) is -4.21. The van der Waals surface area contributed by atoms with E-state index in [2.05, 4.69) is 21.6 Å². The van der Waals surface area contributed by atoms with E-state index in [4.69, 9.17) is 0 Å². The van der Waals surface area contributed by atoms with E-state index < -0.39 is 33.1 Å². The first-order valence-corrected chi connectivity index (χ1v) is 12.6. The molecule has 1 amide bonds. The molecule has 1 saturated heterocycles. The molecule has 0 spiro atoms. The Morgan fingerprint density at radius 2 is 1.91 bits per heavy atom. The Hall–Kier alpha value is -3.40. The number of nitrogens with zero attached hydrogens (tertiary/aromatic N) is 3. The summed E-state index contributed by atoms with van der Waals surface area (Å²) in [6.07, 6.45) is 2.26. The molecule has 35 heavy (non-hydrogen) atoms. The number of halogens is 2. The van der Waals surface area contributed by atoms with Crippen molar-refractivity contribution >= 4 is 21.7 Å². The largest absolute Gasteiger partial charge is 0.351 e. The first kappa shape index (κ1) is 24.7. The van der Waals surface area contributed by atoms with Crippen molar-refractivity contribution in [3.05, 3.63) is 71.6 Å². The molecule has 1 fully saturated rings. The van der Waals surface area contributed by atoms with Crippen molar-refractivity contribution in [2.75, 3.05) is 11.4 Å². The van der Waals surface area contributed by atoms with Crippen LogP contribution in [-0.2, 0) is 10.0 Å². The molecule has 1 aromatic carbocycles. The van der Waals surface area contributed by atoms with Crippen molar-refractivity contribution in [3.63, 3.8) is 0 Å². The zero-order chi connectivity index (χ0) is 25.5.